The number of benzene rings is 2. The maximum absolute atomic E-state index is 14.2. The van der Waals surface area contributed by atoms with Gasteiger partial charge in [-0.05, 0) is 42.4 Å². The molecule has 0 saturated carbocycles. The Morgan fingerprint density at radius 1 is 0.714 bits per heavy atom. The van der Waals surface area contributed by atoms with Gasteiger partial charge in [0.15, 0.2) is 5.82 Å². The minimum Gasteiger partial charge on any atom is -0.236 e. The lowest BCUT2D eigenvalue weighted by Crippen LogP contribution is -1.99. The quantitative estimate of drug-likeness (QED) is 0.296. The molecule has 28 heavy (non-hydrogen) atoms. The van der Waals surface area contributed by atoms with Crippen LogP contribution < -0.4 is 0 Å². The number of hydrogen-bond donors (Lipinski definition) is 0. The Kier molecular flexibility index (Phi) is 7.30. The minimum absolute atomic E-state index is 0.402. The summed E-state index contributed by atoms with van der Waals surface area (Å²) in [6.07, 6.45) is 9.22. The van der Waals surface area contributed by atoms with Crippen LogP contribution in [0.15, 0.2) is 54.7 Å². The number of aryl methyl sites for hydroxylation is 2. The van der Waals surface area contributed by atoms with Gasteiger partial charge in [-0.1, -0.05) is 81.6 Å². The summed E-state index contributed by atoms with van der Waals surface area (Å²) >= 11 is 0. The van der Waals surface area contributed by atoms with E-state index >= 15 is 0 Å². The molecule has 0 spiro atoms. The van der Waals surface area contributed by atoms with E-state index in [0.717, 1.165) is 30.4 Å². The average Bonchev–Trinajstić information content (AvgIpc) is 2.74. The lowest BCUT2D eigenvalue weighted by atomic mass is 10.0. The molecule has 0 N–H and O–H groups in total. The summed E-state index contributed by atoms with van der Waals surface area (Å²) in [5, 5.41) is 0. The first kappa shape index (κ1) is 20.2. The second-order valence-electron chi connectivity index (χ2n) is 7.34. The summed E-state index contributed by atoms with van der Waals surface area (Å²) in [7, 11) is 0. The van der Waals surface area contributed by atoms with Gasteiger partial charge in [-0.3, -0.25) is 0 Å². The Labute approximate surface area is 167 Å². The number of halogens is 1. The molecule has 0 fully saturated rings. The molecule has 0 aliphatic heterocycles. The minimum atomic E-state index is -0.402. The van der Waals surface area contributed by atoms with E-state index < -0.39 is 5.95 Å². The Balaban J connectivity index is 1.70. The molecule has 3 rings (SSSR count). The first-order valence-electron chi connectivity index (χ1n) is 10.4. The van der Waals surface area contributed by atoms with Crippen molar-refractivity contribution in [3.63, 3.8) is 0 Å². The van der Waals surface area contributed by atoms with Crippen LogP contribution in [-0.4, -0.2) is 9.97 Å². The Morgan fingerprint density at radius 3 is 1.93 bits per heavy atom. The van der Waals surface area contributed by atoms with Crippen molar-refractivity contribution < 1.29 is 4.39 Å². The third kappa shape index (κ3) is 5.25. The van der Waals surface area contributed by atoms with Gasteiger partial charge in [-0.2, -0.15) is 9.37 Å². The first-order chi connectivity index (χ1) is 13.7. The molecule has 0 amide bonds. The molecule has 0 radical (unpaired) electrons. The summed E-state index contributed by atoms with van der Waals surface area (Å²) in [6.45, 7) is 4.32. The predicted molar refractivity (Wildman–Crippen MR) is 115 cm³/mol. The number of aromatic nitrogens is 2. The smallest absolute Gasteiger partial charge is 0.219 e. The molecule has 0 bridgehead atoms. The monoisotopic (exact) mass is 376 g/mol. The van der Waals surface area contributed by atoms with Crippen LogP contribution in [0.1, 0.15) is 57.1 Å². The Hall–Kier alpha value is -2.55. The SMILES string of the molecule is CCCCCc1ccc(-c2ccc(-c3ncc(CCCC)c(F)n3)cc2)cc1. The van der Waals surface area contributed by atoms with Crippen LogP contribution in [0.3, 0.4) is 0 Å². The molecule has 1 heterocycles. The molecule has 0 unspecified atom stereocenters. The van der Waals surface area contributed by atoms with Gasteiger partial charge in [0.2, 0.25) is 5.95 Å². The van der Waals surface area contributed by atoms with Crippen LogP contribution in [0, 0.1) is 5.95 Å². The molecule has 3 aromatic rings. The van der Waals surface area contributed by atoms with Crippen LogP contribution in [0.4, 0.5) is 4.39 Å². The summed E-state index contributed by atoms with van der Waals surface area (Å²) < 4.78 is 14.2. The maximum atomic E-state index is 14.2. The fraction of sp³-hybridized carbons (Fsp3) is 0.360. The molecule has 3 heteroatoms. The molecule has 2 aromatic carbocycles. The number of hydrogen-bond acceptors (Lipinski definition) is 2. The van der Waals surface area contributed by atoms with E-state index in [1.165, 1.54) is 30.4 Å². The molecule has 146 valence electrons. The van der Waals surface area contributed by atoms with Crippen molar-refractivity contribution in [2.24, 2.45) is 0 Å². The van der Waals surface area contributed by atoms with Crippen molar-refractivity contribution in [3.05, 3.63) is 71.8 Å². The largest absolute Gasteiger partial charge is 0.236 e. The van der Waals surface area contributed by atoms with E-state index in [1.807, 2.05) is 24.3 Å². The fourth-order valence-corrected chi connectivity index (χ4v) is 3.31. The van der Waals surface area contributed by atoms with Gasteiger partial charge in [-0.15, -0.1) is 0 Å². The molecule has 2 nitrogen and oxygen atoms in total. The van der Waals surface area contributed by atoms with Gasteiger partial charge in [0, 0.05) is 17.3 Å². The molecule has 0 atom stereocenters. The normalized spacial score (nSPS) is 11.0. The van der Waals surface area contributed by atoms with Gasteiger partial charge < -0.3 is 0 Å². The predicted octanol–water partition coefficient (Wildman–Crippen LogP) is 7.03. The highest BCUT2D eigenvalue weighted by molar-refractivity contribution is 5.67. The Morgan fingerprint density at radius 2 is 1.32 bits per heavy atom. The highest BCUT2D eigenvalue weighted by Crippen LogP contribution is 2.24. The molecular formula is C25H29FN2. The van der Waals surface area contributed by atoms with Crippen molar-refractivity contribution in [1.82, 2.24) is 9.97 Å². The third-order valence-corrected chi connectivity index (χ3v) is 5.11. The van der Waals surface area contributed by atoms with E-state index in [2.05, 4.69) is 48.1 Å². The van der Waals surface area contributed by atoms with Gasteiger partial charge in [0.05, 0.1) is 0 Å². The van der Waals surface area contributed by atoms with Gasteiger partial charge in [0.1, 0.15) is 0 Å². The first-order valence-corrected chi connectivity index (χ1v) is 10.4. The van der Waals surface area contributed by atoms with Crippen LogP contribution in [0.25, 0.3) is 22.5 Å². The zero-order valence-corrected chi connectivity index (χ0v) is 16.9. The highest BCUT2D eigenvalue weighted by Gasteiger charge is 2.09. The van der Waals surface area contributed by atoms with Crippen LogP contribution in [-0.2, 0) is 12.8 Å². The van der Waals surface area contributed by atoms with E-state index in [0.29, 0.717) is 17.8 Å². The number of rotatable bonds is 9. The Bertz CT molecular complexity index is 870. The molecule has 0 saturated heterocycles. The summed E-state index contributed by atoms with van der Waals surface area (Å²) in [4.78, 5) is 8.43. The van der Waals surface area contributed by atoms with Gasteiger partial charge in [0.25, 0.3) is 0 Å². The zero-order valence-electron chi connectivity index (χ0n) is 16.9. The summed E-state index contributed by atoms with van der Waals surface area (Å²) in [6, 6.07) is 16.8. The standard InChI is InChI=1S/C25H29FN2/c1-3-5-7-8-19-10-12-20(13-11-19)21-14-16-22(17-15-21)25-27-18-23(9-6-4-2)24(26)28-25/h10-18H,3-9H2,1-2H3. The van der Waals surface area contributed by atoms with Crippen LogP contribution in [0.2, 0.25) is 0 Å². The van der Waals surface area contributed by atoms with Crippen molar-refractivity contribution in [3.8, 4) is 22.5 Å². The maximum Gasteiger partial charge on any atom is 0.219 e. The van der Waals surface area contributed by atoms with E-state index in [9.17, 15) is 4.39 Å². The topological polar surface area (TPSA) is 25.8 Å². The fourth-order valence-electron chi connectivity index (χ4n) is 3.31. The van der Waals surface area contributed by atoms with E-state index in [-0.39, 0.29) is 0 Å². The van der Waals surface area contributed by atoms with Crippen molar-refractivity contribution in [2.75, 3.05) is 0 Å². The summed E-state index contributed by atoms with van der Waals surface area (Å²) in [5.74, 6) is 0.0387. The van der Waals surface area contributed by atoms with Crippen LogP contribution in [0.5, 0.6) is 0 Å². The third-order valence-electron chi connectivity index (χ3n) is 5.11. The van der Waals surface area contributed by atoms with Crippen molar-refractivity contribution in [2.45, 2.75) is 58.8 Å². The van der Waals surface area contributed by atoms with Crippen LogP contribution >= 0.6 is 0 Å². The zero-order chi connectivity index (χ0) is 19.8. The molecule has 1 aromatic heterocycles. The van der Waals surface area contributed by atoms with Crippen molar-refractivity contribution in [1.29, 1.82) is 0 Å². The van der Waals surface area contributed by atoms with Crippen molar-refractivity contribution >= 4 is 0 Å². The average molecular weight is 377 g/mol. The highest BCUT2D eigenvalue weighted by atomic mass is 19.1. The summed E-state index contributed by atoms with van der Waals surface area (Å²) in [5.41, 5.74) is 5.15. The molecule has 0 aliphatic carbocycles. The second-order valence-corrected chi connectivity index (χ2v) is 7.34. The number of unbranched alkanes of at least 4 members (excludes halogenated alkanes) is 3. The molecule has 0 aliphatic rings. The van der Waals surface area contributed by atoms with Gasteiger partial charge >= 0.3 is 0 Å². The van der Waals surface area contributed by atoms with Gasteiger partial charge in [-0.25, -0.2) is 4.98 Å². The van der Waals surface area contributed by atoms with E-state index in [1.54, 1.807) is 6.20 Å². The lowest BCUT2D eigenvalue weighted by Gasteiger charge is -2.07. The van der Waals surface area contributed by atoms with E-state index in [4.69, 9.17) is 0 Å². The second kappa shape index (κ2) is 10.1. The number of nitrogens with zero attached hydrogens (tertiary/aromatic N) is 2. The molecular weight excluding hydrogens is 347 g/mol. The lowest BCUT2D eigenvalue weighted by molar-refractivity contribution is 0.558.